The molecule has 1 heteroatoms. The van der Waals surface area contributed by atoms with Gasteiger partial charge in [0.1, 0.15) is 5.75 Å². The number of rotatable bonds is 0. The van der Waals surface area contributed by atoms with Crippen LogP contribution in [0, 0.1) is 0 Å². The van der Waals surface area contributed by atoms with Gasteiger partial charge in [-0.1, -0.05) is 37.8 Å². The Morgan fingerprint density at radius 1 is 1.00 bits per heavy atom. The van der Waals surface area contributed by atoms with Gasteiger partial charge in [-0.2, -0.15) is 0 Å². The SMILES string of the molecule is C.C1=COc2ccccc2C=C1. The molecular weight excluding hydrogens is 148 g/mol. The second-order valence-electron chi connectivity index (χ2n) is 2.34. The molecule has 0 atom stereocenters. The van der Waals surface area contributed by atoms with E-state index in [1.807, 2.05) is 42.5 Å². The lowest BCUT2D eigenvalue weighted by molar-refractivity contribution is 0.481. The number of ether oxygens (including phenoxy) is 1. The topological polar surface area (TPSA) is 9.23 Å². The first-order valence-electron chi connectivity index (χ1n) is 3.56. The van der Waals surface area contributed by atoms with Gasteiger partial charge >= 0.3 is 0 Å². The summed E-state index contributed by atoms with van der Waals surface area (Å²) in [5, 5.41) is 0. The van der Waals surface area contributed by atoms with Gasteiger partial charge in [0.25, 0.3) is 0 Å². The smallest absolute Gasteiger partial charge is 0.133 e. The van der Waals surface area contributed by atoms with Gasteiger partial charge in [-0.05, 0) is 12.1 Å². The number of benzene rings is 1. The molecule has 0 saturated carbocycles. The van der Waals surface area contributed by atoms with Crippen molar-refractivity contribution in [3.8, 4) is 5.75 Å². The summed E-state index contributed by atoms with van der Waals surface area (Å²) in [5.74, 6) is 0.914. The third-order valence-electron chi connectivity index (χ3n) is 1.58. The van der Waals surface area contributed by atoms with Crippen LogP contribution in [0.3, 0.4) is 0 Å². The van der Waals surface area contributed by atoms with Gasteiger partial charge in [0, 0.05) is 5.56 Å². The van der Waals surface area contributed by atoms with E-state index in [-0.39, 0.29) is 7.43 Å². The standard InChI is InChI=1S/C10H8O.CH4/c1-2-7-10-9(5-1)6-3-4-8-11-10;/h1-8H;1H4. The van der Waals surface area contributed by atoms with Gasteiger partial charge in [-0.3, -0.25) is 0 Å². The van der Waals surface area contributed by atoms with Crippen LogP contribution in [0.5, 0.6) is 5.75 Å². The molecule has 0 N–H and O–H groups in total. The fraction of sp³-hybridized carbons (Fsp3) is 0.0909. The minimum atomic E-state index is 0. The Bertz CT molecular complexity index is 311. The van der Waals surface area contributed by atoms with Crippen molar-refractivity contribution in [1.82, 2.24) is 0 Å². The van der Waals surface area contributed by atoms with Crippen molar-refractivity contribution in [3.63, 3.8) is 0 Å². The van der Waals surface area contributed by atoms with Crippen molar-refractivity contribution in [3.05, 3.63) is 48.2 Å². The molecule has 1 aliphatic rings. The molecule has 0 unspecified atom stereocenters. The Morgan fingerprint density at radius 2 is 1.83 bits per heavy atom. The predicted molar refractivity (Wildman–Crippen MR) is 52.0 cm³/mol. The van der Waals surface area contributed by atoms with Crippen molar-refractivity contribution < 1.29 is 4.74 Å². The Hall–Kier alpha value is -1.50. The maximum Gasteiger partial charge on any atom is 0.133 e. The highest BCUT2D eigenvalue weighted by Crippen LogP contribution is 2.21. The van der Waals surface area contributed by atoms with E-state index in [1.54, 1.807) is 6.26 Å². The summed E-state index contributed by atoms with van der Waals surface area (Å²) in [6.45, 7) is 0. The van der Waals surface area contributed by atoms with Crippen LogP contribution in [0.15, 0.2) is 42.7 Å². The molecule has 62 valence electrons. The minimum Gasteiger partial charge on any atom is -0.464 e. The van der Waals surface area contributed by atoms with E-state index in [9.17, 15) is 0 Å². The molecule has 12 heavy (non-hydrogen) atoms. The molecule has 0 aromatic heterocycles. The number of hydrogen-bond donors (Lipinski definition) is 0. The molecule has 2 rings (SSSR count). The predicted octanol–water partition coefficient (Wildman–Crippen LogP) is 3.24. The summed E-state index contributed by atoms with van der Waals surface area (Å²) in [5.41, 5.74) is 1.12. The third kappa shape index (κ3) is 1.56. The van der Waals surface area contributed by atoms with Crippen molar-refractivity contribution in [1.29, 1.82) is 0 Å². The van der Waals surface area contributed by atoms with Crippen LogP contribution in [0.2, 0.25) is 0 Å². The van der Waals surface area contributed by atoms with Crippen LogP contribution in [0.4, 0.5) is 0 Å². The molecule has 1 heterocycles. The number of para-hydroxylation sites is 1. The van der Waals surface area contributed by atoms with Crippen LogP contribution in [0.1, 0.15) is 13.0 Å². The fourth-order valence-electron chi connectivity index (χ4n) is 1.04. The molecule has 1 aliphatic heterocycles. The highest BCUT2D eigenvalue weighted by atomic mass is 16.5. The van der Waals surface area contributed by atoms with E-state index in [1.165, 1.54) is 0 Å². The molecule has 0 aliphatic carbocycles. The highest BCUT2D eigenvalue weighted by molar-refractivity contribution is 5.59. The molecule has 0 saturated heterocycles. The first-order chi connectivity index (χ1) is 5.47. The van der Waals surface area contributed by atoms with Gasteiger partial charge in [0.05, 0.1) is 6.26 Å². The van der Waals surface area contributed by atoms with Crippen molar-refractivity contribution >= 4 is 6.08 Å². The van der Waals surface area contributed by atoms with E-state index in [4.69, 9.17) is 4.74 Å². The first-order valence-corrected chi connectivity index (χ1v) is 3.56. The number of allylic oxidation sites excluding steroid dienone is 2. The monoisotopic (exact) mass is 160 g/mol. The van der Waals surface area contributed by atoms with Crippen LogP contribution >= 0.6 is 0 Å². The van der Waals surface area contributed by atoms with Crippen molar-refractivity contribution in [2.45, 2.75) is 7.43 Å². The summed E-state index contributed by atoms with van der Waals surface area (Å²) in [4.78, 5) is 0. The lowest BCUT2D eigenvalue weighted by atomic mass is 10.2. The summed E-state index contributed by atoms with van der Waals surface area (Å²) in [7, 11) is 0. The zero-order chi connectivity index (χ0) is 7.52. The highest BCUT2D eigenvalue weighted by Gasteiger charge is 1.97. The average Bonchev–Trinajstić information content (AvgIpc) is 2.28. The lowest BCUT2D eigenvalue weighted by Crippen LogP contribution is -1.82. The van der Waals surface area contributed by atoms with Crippen LogP contribution in [-0.4, -0.2) is 0 Å². The molecule has 0 spiro atoms. The average molecular weight is 160 g/mol. The van der Waals surface area contributed by atoms with E-state index in [2.05, 4.69) is 0 Å². The minimum absolute atomic E-state index is 0. The zero-order valence-corrected chi connectivity index (χ0v) is 6.03. The van der Waals surface area contributed by atoms with Crippen LogP contribution in [0.25, 0.3) is 6.08 Å². The van der Waals surface area contributed by atoms with Crippen molar-refractivity contribution in [2.24, 2.45) is 0 Å². The molecule has 0 amide bonds. The van der Waals surface area contributed by atoms with E-state index in [0.29, 0.717) is 0 Å². The summed E-state index contributed by atoms with van der Waals surface area (Å²) in [6.07, 6.45) is 7.55. The summed E-state index contributed by atoms with van der Waals surface area (Å²) < 4.78 is 5.31. The van der Waals surface area contributed by atoms with Crippen LogP contribution in [-0.2, 0) is 0 Å². The zero-order valence-electron chi connectivity index (χ0n) is 6.03. The lowest BCUT2D eigenvalue weighted by Gasteiger charge is -2.00. The van der Waals surface area contributed by atoms with E-state index >= 15 is 0 Å². The molecule has 1 aromatic rings. The Morgan fingerprint density at radius 3 is 2.75 bits per heavy atom. The third-order valence-corrected chi connectivity index (χ3v) is 1.58. The summed E-state index contributed by atoms with van der Waals surface area (Å²) >= 11 is 0. The maximum atomic E-state index is 5.31. The second kappa shape index (κ2) is 3.77. The number of hydrogen-bond acceptors (Lipinski definition) is 1. The fourth-order valence-corrected chi connectivity index (χ4v) is 1.04. The second-order valence-corrected chi connectivity index (χ2v) is 2.34. The quantitative estimate of drug-likeness (QED) is 0.566. The van der Waals surface area contributed by atoms with Gasteiger partial charge in [0.2, 0.25) is 0 Å². The molecular formula is C11H12O. The summed E-state index contributed by atoms with van der Waals surface area (Å²) in [6, 6.07) is 7.94. The Balaban J connectivity index is 0.000000720. The Kier molecular flexibility index (Phi) is 2.70. The normalized spacial score (nSPS) is 12.3. The first kappa shape index (κ1) is 8.60. The molecule has 0 fully saturated rings. The molecule has 1 aromatic carbocycles. The number of fused-ring (bicyclic) bond motifs is 1. The van der Waals surface area contributed by atoms with Gasteiger partial charge in [-0.25, -0.2) is 0 Å². The maximum absolute atomic E-state index is 5.31. The van der Waals surface area contributed by atoms with Crippen molar-refractivity contribution in [2.75, 3.05) is 0 Å². The molecule has 0 bridgehead atoms. The molecule has 1 nitrogen and oxygen atoms in total. The van der Waals surface area contributed by atoms with Gasteiger partial charge in [-0.15, -0.1) is 0 Å². The van der Waals surface area contributed by atoms with E-state index < -0.39 is 0 Å². The molecule has 0 radical (unpaired) electrons. The Labute approximate surface area is 73.0 Å². The van der Waals surface area contributed by atoms with Gasteiger partial charge in [0.15, 0.2) is 0 Å². The van der Waals surface area contributed by atoms with E-state index in [0.717, 1.165) is 11.3 Å². The largest absolute Gasteiger partial charge is 0.464 e. The van der Waals surface area contributed by atoms with Crippen LogP contribution < -0.4 is 4.74 Å². The van der Waals surface area contributed by atoms with Gasteiger partial charge < -0.3 is 4.74 Å².